The van der Waals surface area contributed by atoms with E-state index in [0.29, 0.717) is 5.92 Å². The molecule has 0 bridgehead atoms. The molecule has 0 atom stereocenters. The molecule has 0 heteroatoms. The van der Waals surface area contributed by atoms with Gasteiger partial charge in [-0.05, 0) is 43.2 Å². The van der Waals surface area contributed by atoms with Gasteiger partial charge in [0.25, 0.3) is 0 Å². The van der Waals surface area contributed by atoms with Crippen LogP contribution >= 0.6 is 0 Å². The lowest BCUT2D eigenvalue weighted by Gasteiger charge is -2.18. The average Bonchev–Trinajstić information content (AvgIpc) is 2.80. The van der Waals surface area contributed by atoms with Crippen LogP contribution in [0.5, 0.6) is 0 Å². The lowest BCUT2D eigenvalue weighted by molar-refractivity contribution is 0.573. The van der Waals surface area contributed by atoms with Crippen LogP contribution in [0.25, 0.3) is 0 Å². The van der Waals surface area contributed by atoms with Gasteiger partial charge in [-0.3, -0.25) is 0 Å². The summed E-state index contributed by atoms with van der Waals surface area (Å²) in [6.45, 7) is 2.29. The highest BCUT2D eigenvalue weighted by Crippen LogP contribution is 2.30. The predicted molar refractivity (Wildman–Crippen MR) is 134 cm³/mol. The molecular weight excluding hydrogens is 360 g/mol. The lowest BCUT2D eigenvalue weighted by atomic mass is 9.87. The van der Waals surface area contributed by atoms with Crippen molar-refractivity contribution in [1.82, 2.24) is 0 Å². The topological polar surface area (TPSA) is 0 Å². The molecule has 0 fully saturated rings. The van der Waals surface area contributed by atoms with Crippen molar-refractivity contribution in [3.8, 4) is 0 Å². The second-order valence-corrected chi connectivity index (χ2v) is 8.75. The Morgan fingerprint density at radius 2 is 0.967 bits per heavy atom. The van der Waals surface area contributed by atoms with Gasteiger partial charge in [0, 0.05) is 5.92 Å². The van der Waals surface area contributed by atoms with Gasteiger partial charge in [-0.1, -0.05) is 138 Å². The van der Waals surface area contributed by atoms with E-state index in [9.17, 15) is 0 Å². The molecule has 0 aliphatic carbocycles. The molecule has 0 saturated carbocycles. The average molecular weight is 405 g/mol. The minimum atomic E-state index is 0.539. The first-order valence-corrected chi connectivity index (χ1v) is 12.7. The highest BCUT2D eigenvalue weighted by atomic mass is 14.2. The molecule has 0 aromatic heterocycles. The zero-order valence-electron chi connectivity index (χ0n) is 19.4. The van der Waals surface area contributed by atoms with E-state index in [1.165, 1.54) is 101 Å². The van der Waals surface area contributed by atoms with Gasteiger partial charge in [0.1, 0.15) is 0 Å². The van der Waals surface area contributed by atoms with Crippen molar-refractivity contribution in [3.05, 3.63) is 83.9 Å². The van der Waals surface area contributed by atoms with E-state index < -0.39 is 0 Å². The molecule has 0 aliphatic rings. The van der Waals surface area contributed by atoms with Crippen LogP contribution in [0.4, 0.5) is 0 Å². The molecule has 0 spiro atoms. The second kappa shape index (κ2) is 16.9. The Balaban J connectivity index is 1.53. The van der Waals surface area contributed by atoms with E-state index in [0.717, 1.165) is 0 Å². The molecule has 0 radical (unpaired) electrons. The maximum atomic E-state index is 2.42. The summed E-state index contributed by atoms with van der Waals surface area (Å²) in [6, 6.07) is 22.1. The molecule has 164 valence electrons. The highest BCUT2D eigenvalue weighted by Gasteiger charge is 2.13. The number of hydrogen-bond acceptors (Lipinski definition) is 0. The van der Waals surface area contributed by atoms with Gasteiger partial charge in [-0.15, -0.1) is 0 Å². The van der Waals surface area contributed by atoms with Crippen molar-refractivity contribution in [2.75, 3.05) is 0 Å². The summed E-state index contributed by atoms with van der Waals surface area (Å²) in [7, 11) is 0. The minimum absolute atomic E-state index is 0.539. The van der Waals surface area contributed by atoms with Crippen LogP contribution in [0, 0.1) is 0 Å². The first-order valence-electron chi connectivity index (χ1n) is 12.7. The molecule has 30 heavy (non-hydrogen) atoms. The Bertz CT molecular complexity index is 601. The number of unbranched alkanes of at least 4 members (excludes halogenated alkanes) is 11. The monoisotopic (exact) mass is 404 g/mol. The third kappa shape index (κ3) is 10.8. The fraction of sp³-hybridized carbons (Fsp3) is 0.533. The molecule has 0 nitrogen and oxygen atoms in total. The van der Waals surface area contributed by atoms with Crippen molar-refractivity contribution in [3.63, 3.8) is 0 Å². The van der Waals surface area contributed by atoms with Gasteiger partial charge in [0.05, 0.1) is 0 Å². The SMILES string of the molecule is CCCCCCCCC=CCCCCCCCC(c1ccccc1)c1ccccc1. The minimum Gasteiger partial charge on any atom is -0.0885 e. The first-order chi connectivity index (χ1) is 14.9. The molecule has 0 heterocycles. The van der Waals surface area contributed by atoms with Crippen LogP contribution in [-0.4, -0.2) is 0 Å². The zero-order valence-corrected chi connectivity index (χ0v) is 19.4. The Kier molecular flexibility index (Phi) is 13.8. The third-order valence-corrected chi connectivity index (χ3v) is 6.16. The van der Waals surface area contributed by atoms with Crippen LogP contribution < -0.4 is 0 Å². The van der Waals surface area contributed by atoms with Gasteiger partial charge < -0.3 is 0 Å². The number of benzene rings is 2. The molecule has 0 amide bonds. The van der Waals surface area contributed by atoms with Crippen molar-refractivity contribution in [2.45, 2.75) is 103 Å². The summed E-state index contributed by atoms with van der Waals surface area (Å²) in [4.78, 5) is 0. The fourth-order valence-corrected chi connectivity index (χ4v) is 4.32. The summed E-state index contributed by atoms with van der Waals surface area (Å²) in [5.74, 6) is 0.539. The number of hydrogen-bond donors (Lipinski definition) is 0. The summed E-state index contributed by atoms with van der Waals surface area (Å²) in [5.41, 5.74) is 2.92. The van der Waals surface area contributed by atoms with Gasteiger partial charge in [0.2, 0.25) is 0 Å². The van der Waals surface area contributed by atoms with E-state index in [1.54, 1.807) is 0 Å². The Labute approximate surface area is 186 Å². The van der Waals surface area contributed by atoms with Crippen LogP contribution in [0.15, 0.2) is 72.8 Å². The van der Waals surface area contributed by atoms with E-state index >= 15 is 0 Å². The molecule has 2 aromatic rings. The Morgan fingerprint density at radius 3 is 1.47 bits per heavy atom. The van der Waals surface area contributed by atoms with E-state index in [-0.39, 0.29) is 0 Å². The molecule has 0 N–H and O–H groups in total. The predicted octanol–water partition coefficient (Wildman–Crippen LogP) is 9.86. The molecule has 2 rings (SSSR count). The second-order valence-electron chi connectivity index (χ2n) is 8.75. The standard InChI is InChI=1S/C30H44/c1-2-3-4-5-6-7-8-9-10-11-12-13-14-15-22-27-30(28-23-18-16-19-24-28)29-25-20-17-21-26-29/h9-10,16-21,23-26,30H,2-8,11-15,22,27H2,1H3. The van der Waals surface area contributed by atoms with Crippen molar-refractivity contribution < 1.29 is 0 Å². The third-order valence-electron chi connectivity index (χ3n) is 6.16. The number of allylic oxidation sites excluding steroid dienone is 2. The fourth-order valence-electron chi connectivity index (χ4n) is 4.32. The number of rotatable bonds is 17. The molecule has 0 aliphatic heterocycles. The molecular formula is C30H44. The van der Waals surface area contributed by atoms with E-state index in [2.05, 4.69) is 79.7 Å². The Hall–Kier alpha value is -1.82. The van der Waals surface area contributed by atoms with E-state index in [4.69, 9.17) is 0 Å². The van der Waals surface area contributed by atoms with Gasteiger partial charge in [-0.25, -0.2) is 0 Å². The normalized spacial score (nSPS) is 11.5. The smallest absolute Gasteiger partial charge is 0.00893 e. The lowest BCUT2D eigenvalue weighted by Crippen LogP contribution is -2.01. The molecule has 0 unspecified atom stereocenters. The quantitative estimate of drug-likeness (QED) is 0.182. The van der Waals surface area contributed by atoms with Crippen molar-refractivity contribution in [2.24, 2.45) is 0 Å². The zero-order chi connectivity index (χ0) is 21.1. The first kappa shape index (κ1) is 24.4. The van der Waals surface area contributed by atoms with Gasteiger partial charge >= 0.3 is 0 Å². The van der Waals surface area contributed by atoms with Crippen LogP contribution in [0.1, 0.15) is 114 Å². The maximum Gasteiger partial charge on any atom is 0.00893 e. The van der Waals surface area contributed by atoms with Gasteiger partial charge in [-0.2, -0.15) is 0 Å². The van der Waals surface area contributed by atoms with Crippen LogP contribution in [-0.2, 0) is 0 Å². The molecule has 0 saturated heterocycles. The maximum absolute atomic E-state index is 2.42. The van der Waals surface area contributed by atoms with Crippen LogP contribution in [0.3, 0.4) is 0 Å². The summed E-state index contributed by atoms with van der Waals surface area (Å²) in [6.07, 6.45) is 23.9. The van der Waals surface area contributed by atoms with Crippen molar-refractivity contribution in [1.29, 1.82) is 0 Å². The van der Waals surface area contributed by atoms with Gasteiger partial charge in [0.15, 0.2) is 0 Å². The summed E-state index contributed by atoms with van der Waals surface area (Å²) >= 11 is 0. The Morgan fingerprint density at radius 1 is 0.533 bits per heavy atom. The highest BCUT2D eigenvalue weighted by molar-refractivity contribution is 5.32. The van der Waals surface area contributed by atoms with Crippen molar-refractivity contribution >= 4 is 0 Å². The summed E-state index contributed by atoms with van der Waals surface area (Å²) in [5, 5.41) is 0. The van der Waals surface area contributed by atoms with Crippen LogP contribution in [0.2, 0.25) is 0 Å². The summed E-state index contributed by atoms with van der Waals surface area (Å²) < 4.78 is 0. The molecule has 2 aromatic carbocycles. The van der Waals surface area contributed by atoms with E-state index in [1.807, 2.05) is 0 Å². The largest absolute Gasteiger partial charge is 0.0885 e.